The molecule has 0 aromatic rings. The summed E-state index contributed by atoms with van der Waals surface area (Å²) < 4.78 is 0. The lowest BCUT2D eigenvalue weighted by Gasteiger charge is -2.31. The fraction of sp³-hybridized carbons (Fsp3) is 0.733. The Bertz CT molecular complexity index is 345. The smallest absolute Gasteiger partial charge is 0.132 e. The maximum atomic E-state index is 10.2. The molecule has 98 valence electrons. The van der Waals surface area contributed by atoms with Gasteiger partial charge in [0.1, 0.15) is 11.3 Å². The summed E-state index contributed by atoms with van der Waals surface area (Å²) in [5.74, 6) is 0.454. The van der Waals surface area contributed by atoms with E-state index in [1.165, 1.54) is 12.8 Å². The van der Waals surface area contributed by atoms with Crippen molar-refractivity contribution in [3.05, 3.63) is 12.2 Å². The van der Waals surface area contributed by atoms with Crippen LogP contribution in [0.15, 0.2) is 12.2 Å². The van der Waals surface area contributed by atoms with E-state index in [2.05, 4.69) is 23.1 Å². The normalized spacial score (nSPS) is 25.8. The number of carbonyl (C=O) groups is 1. The van der Waals surface area contributed by atoms with Gasteiger partial charge in [0.25, 0.3) is 0 Å². The van der Waals surface area contributed by atoms with Crippen LogP contribution in [0.4, 0.5) is 0 Å². The van der Waals surface area contributed by atoms with Crippen LogP contribution in [0.2, 0.25) is 0 Å². The van der Waals surface area contributed by atoms with Gasteiger partial charge in [-0.3, -0.25) is 9.69 Å². The van der Waals surface area contributed by atoms with Crippen molar-refractivity contribution < 1.29 is 4.79 Å². The predicted molar refractivity (Wildman–Crippen MR) is 71.0 cm³/mol. The average Bonchev–Trinajstić information content (AvgIpc) is 3.12. The molecule has 2 aliphatic carbocycles. The van der Waals surface area contributed by atoms with Gasteiger partial charge in [0.15, 0.2) is 0 Å². The van der Waals surface area contributed by atoms with Gasteiger partial charge in [0, 0.05) is 25.9 Å². The van der Waals surface area contributed by atoms with Gasteiger partial charge in [-0.25, -0.2) is 0 Å². The van der Waals surface area contributed by atoms with Crippen LogP contribution in [0.1, 0.15) is 51.4 Å². The highest BCUT2D eigenvalue weighted by Crippen LogP contribution is 2.35. The lowest BCUT2D eigenvalue weighted by atomic mass is 9.98. The van der Waals surface area contributed by atoms with E-state index in [1.807, 2.05) is 0 Å². The molecule has 3 heteroatoms. The second-order valence-electron chi connectivity index (χ2n) is 5.47. The van der Waals surface area contributed by atoms with E-state index in [0.29, 0.717) is 5.78 Å². The molecular weight excluding hydrogens is 224 g/mol. The molecule has 0 spiro atoms. The van der Waals surface area contributed by atoms with Crippen molar-refractivity contribution in [1.82, 2.24) is 4.90 Å². The summed E-state index contributed by atoms with van der Waals surface area (Å²) >= 11 is 0. The van der Waals surface area contributed by atoms with Crippen molar-refractivity contribution in [2.75, 3.05) is 13.1 Å². The third-order valence-corrected chi connectivity index (χ3v) is 4.22. The maximum Gasteiger partial charge on any atom is 0.132 e. The topological polar surface area (TPSA) is 44.1 Å². The SMILES string of the molecule is N#CC1(N2CC=CC2)CCCC1.O=C1CCCC1. The number of Topliss-reactive ketones (excluding diaryl/α,β-unsaturated/α-hetero) is 1. The van der Waals surface area contributed by atoms with Crippen LogP contribution >= 0.6 is 0 Å². The molecule has 0 aromatic carbocycles. The van der Waals surface area contributed by atoms with Crippen LogP contribution in [-0.4, -0.2) is 29.3 Å². The van der Waals surface area contributed by atoms with Crippen LogP contribution in [0.25, 0.3) is 0 Å². The van der Waals surface area contributed by atoms with Gasteiger partial charge in [-0.1, -0.05) is 25.0 Å². The maximum absolute atomic E-state index is 10.2. The molecule has 0 bridgehead atoms. The van der Waals surface area contributed by atoms with Gasteiger partial charge < -0.3 is 0 Å². The monoisotopic (exact) mass is 246 g/mol. The molecule has 0 unspecified atom stereocenters. The van der Waals surface area contributed by atoms with E-state index >= 15 is 0 Å². The van der Waals surface area contributed by atoms with E-state index in [9.17, 15) is 4.79 Å². The summed E-state index contributed by atoms with van der Waals surface area (Å²) in [7, 11) is 0. The first kappa shape index (κ1) is 13.3. The molecule has 0 aromatic heterocycles. The molecule has 2 fully saturated rings. The molecular formula is C15H22N2O. The fourth-order valence-corrected chi connectivity index (χ4v) is 3.06. The van der Waals surface area contributed by atoms with Gasteiger partial charge in [-0.2, -0.15) is 5.26 Å². The molecule has 0 atom stereocenters. The van der Waals surface area contributed by atoms with Crippen molar-refractivity contribution in [3.63, 3.8) is 0 Å². The largest absolute Gasteiger partial charge is 0.300 e. The first-order chi connectivity index (χ1) is 8.77. The molecule has 0 N–H and O–H groups in total. The zero-order valence-corrected chi connectivity index (χ0v) is 11.0. The highest BCUT2D eigenvalue weighted by atomic mass is 16.1. The number of hydrogen-bond donors (Lipinski definition) is 0. The second-order valence-corrected chi connectivity index (χ2v) is 5.47. The van der Waals surface area contributed by atoms with E-state index < -0.39 is 0 Å². The Kier molecular flexibility index (Phi) is 4.54. The molecule has 18 heavy (non-hydrogen) atoms. The summed E-state index contributed by atoms with van der Waals surface area (Å²) in [6.45, 7) is 1.96. The molecule has 1 aliphatic heterocycles. The quantitative estimate of drug-likeness (QED) is 0.668. The molecule has 3 nitrogen and oxygen atoms in total. The zero-order valence-electron chi connectivity index (χ0n) is 11.0. The Hall–Kier alpha value is -1.14. The van der Waals surface area contributed by atoms with Crippen LogP contribution in [0, 0.1) is 11.3 Å². The third kappa shape index (κ3) is 3.00. The molecule has 0 amide bonds. The molecule has 1 heterocycles. The summed E-state index contributed by atoms with van der Waals surface area (Å²) in [6.07, 6.45) is 12.9. The highest BCUT2D eigenvalue weighted by Gasteiger charge is 2.39. The Labute approximate surface area is 109 Å². The predicted octanol–water partition coefficient (Wildman–Crippen LogP) is 2.82. The van der Waals surface area contributed by atoms with E-state index in [4.69, 9.17) is 5.26 Å². The number of ketones is 1. The second kappa shape index (κ2) is 6.15. The molecule has 3 rings (SSSR count). The first-order valence-corrected chi connectivity index (χ1v) is 7.10. The number of nitrogens with zero attached hydrogens (tertiary/aromatic N) is 2. The van der Waals surface area contributed by atoms with Crippen molar-refractivity contribution in [3.8, 4) is 6.07 Å². The van der Waals surface area contributed by atoms with Crippen LogP contribution in [0.5, 0.6) is 0 Å². The van der Waals surface area contributed by atoms with Crippen molar-refractivity contribution in [1.29, 1.82) is 5.26 Å². The lowest BCUT2D eigenvalue weighted by molar-refractivity contribution is -0.117. The Balaban J connectivity index is 0.000000169. The summed E-state index contributed by atoms with van der Waals surface area (Å²) in [5.41, 5.74) is -0.108. The van der Waals surface area contributed by atoms with Gasteiger partial charge in [0.2, 0.25) is 0 Å². The fourth-order valence-electron chi connectivity index (χ4n) is 3.06. The molecule has 0 saturated heterocycles. The number of rotatable bonds is 1. The van der Waals surface area contributed by atoms with E-state index in [0.717, 1.165) is 51.6 Å². The standard InChI is InChI=1S/C10H14N2.C5H8O/c11-9-10(5-1-2-6-10)12-7-3-4-8-12;6-5-3-1-2-4-5/h3-4H,1-2,5-8H2;1-4H2. The van der Waals surface area contributed by atoms with Gasteiger partial charge in [-0.15, -0.1) is 0 Å². The molecule has 0 radical (unpaired) electrons. The summed E-state index contributed by atoms with van der Waals surface area (Å²) in [4.78, 5) is 12.5. The average molecular weight is 246 g/mol. The van der Waals surface area contributed by atoms with Crippen LogP contribution < -0.4 is 0 Å². The van der Waals surface area contributed by atoms with Crippen molar-refractivity contribution in [2.45, 2.75) is 56.9 Å². The van der Waals surface area contributed by atoms with Crippen LogP contribution in [-0.2, 0) is 4.79 Å². The Morgan fingerprint density at radius 1 is 1.06 bits per heavy atom. The van der Waals surface area contributed by atoms with Gasteiger partial charge in [-0.05, 0) is 25.7 Å². The van der Waals surface area contributed by atoms with E-state index in [1.54, 1.807) is 0 Å². The lowest BCUT2D eigenvalue weighted by Crippen LogP contribution is -2.43. The highest BCUT2D eigenvalue weighted by molar-refractivity contribution is 5.80. The Morgan fingerprint density at radius 2 is 1.61 bits per heavy atom. The van der Waals surface area contributed by atoms with E-state index in [-0.39, 0.29) is 5.54 Å². The first-order valence-electron chi connectivity index (χ1n) is 7.10. The van der Waals surface area contributed by atoms with Crippen molar-refractivity contribution in [2.24, 2.45) is 0 Å². The minimum absolute atomic E-state index is 0.108. The Morgan fingerprint density at radius 3 is 2.00 bits per heavy atom. The number of nitriles is 1. The minimum atomic E-state index is -0.108. The minimum Gasteiger partial charge on any atom is -0.300 e. The van der Waals surface area contributed by atoms with Gasteiger partial charge >= 0.3 is 0 Å². The molecule has 3 aliphatic rings. The third-order valence-electron chi connectivity index (χ3n) is 4.22. The van der Waals surface area contributed by atoms with Gasteiger partial charge in [0.05, 0.1) is 6.07 Å². The molecule has 2 saturated carbocycles. The number of carbonyl (C=O) groups excluding carboxylic acids is 1. The van der Waals surface area contributed by atoms with Crippen molar-refractivity contribution >= 4 is 5.78 Å². The summed E-state index contributed by atoms with van der Waals surface area (Å²) in [5, 5.41) is 9.16. The number of hydrogen-bond acceptors (Lipinski definition) is 3. The summed E-state index contributed by atoms with van der Waals surface area (Å²) in [6, 6.07) is 2.51. The van der Waals surface area contributed by atoms with Crippen LogP contribution in [0.3, 0.4) is 0 Å². The zero-order chi connectivity index (χ0) is 12.8.